The van der Waals surface area contributed by atoms with E-state index in [9.17, 15) is 0 Å². The van der Waals surface area contributed by atoms with Crippen LogP contribution in [0.3, 0.4) is 0 Å². The van der Waals surface area contributed by atoms with Crippen LogP contribution >= 0.6 is 11.3 Å². The number of hydrogen-bond acceptors (Lipinski definition) is 2. The first-order chi connectivity index (χ1) is 14.9. The van der Waals surface area contributed by atoms with Crippen molar-refractivity contribution in [2.45, 2.75) is 0 Å². The minimum atomic E-state index is 1.15. The summed E-state index contributed by atoms with van der Waals surface area (Å²) < 4.78 is 0. The van der Waals surface area contributed by atoms with Crippen molar-refractivity contribution < 1.29 is 0 Å². The second kappa shape index (κ2) is 8.40. The highest BCUT2D eigenvalue weighted by molar-refractivity contribution is 7.18. The van der Waals surface area contributed by atoms with Crippen molar-refractivity contribution in [3.8, 4) is 20.9 Å². The van der Waals surface area contributed by atoms with Gasteiger partial charge in [0.05, 0.1) is 0 Å². The first-order valence-electron chi connectivity index (χ1n) is 10.0. The van der Waals surface area contributed by atoms with Gasteiger partial charge in [-0.05, 0) is 59.7 Å². The molecule has 0 aliphatic rings. The van der Waals surface area contributed by atoms with Gasteiger partial charge in [0.2, 0.25) is 0 Å². The molecule has 0 radical (unpaired) electrons. The summed E-state index contributed by atoms with van der Waals surface area (Å²) in [6.07, 6.45) is 0. The third kappa shape index (κ3) is 3.78. The minimum absolute atomic E-state index is 1.15. The molecule has 30 heavy (non-hydrogen) atoms. The molecule has 0 aliphatic carbocycles. The molecular weight excluding hydrogens is 382 g/mol. The molecule has 0 fully saturated rings. The molecule has 0 saturated heterocycles. The van der Waals surface area contributed by atoms with Crippen molar-refractivity contribution in [2.24, 2.45) is 0 Å². The maximum Gasteiger partial charge on any atom is 0.0462 e. The molecule has 0 atom stereocenters. The fraction of sp³-hybridized carbons (Fsp3) is 0. The summed E-state index contributed by atoms with van der Waals surface area (Å²) in [5.74, 6) is 0. The molecular formula is C28H21NS. The van der Waals surface area contributed by atoms with Crippen LogP contribution in [0.5, 0.6) is 0 Å². The lowest BCUT2D eigenvalue weighted by molar-refractivity contribution is 1.28. The van der Waals surface area contributed by atoms with Gasteiger partial charge in [-0.2, -0.15) is 0 Å². The van der Waals surface area contributed by atoms with E-state index in [1.54, 1.807) is 0 Å². The van der Waals surface area contributed by atoms with Crippen LogP contribution in [0.25, 0.3) is 20.9 Å². The number of nitrogens with zero attached hydrogens (tertiary/aromatic N) is 1. The first-order valence-corrected chi connectivity index (χ1v) is 10.9. The fourth-order valence-electron chi connectivity index (χ4n) is 3.63. The zero-order chi connectivity index (χ0) is 20.2. The highest BCUT2D eigenvalue weighted by Gasteiger charge is 2.12. The third-order valence-electron chi connectivity index (χ3n) is 5.10. The minimum Gasteiger partial charge on any atom is -0.311 e. The maximum atomic E-state index is 2.29. The van der Waals surface area contributed by atoms with E-state index in [-0.39, 0.29) is 0 Å². The Morgan fingerprint density at radius 1 is 0.367 bits per heavy atom. The van der Waals surface area contributed by atoms with Crippen molar-refractivity contribution in [3.05, 3.63) is 127 Å². The van der Waals surface area contributed by atoms with Gasteiger partial charge in [0, 0.05) is 26.8 Å². The second-order valence-electron chi connectivity index (χ2n) is 7.08. The zero-order valence-electron chi connectivity index (χ0n) is 16.5. The molecule has 0 saturated carbocycles. The quantitative estimate of drug-likeness (QED) is 0.284. The Kier molecular flexibility index (Phi) is 5.15. The molecule has 0 N–H and O–H groups in total. The molecule has 0 bridgehead atoms. The van der Waals surface area contributed by atoms with Gasteiger partial charge in [-0.3, -0.25) is 0 Å². The van der Waals surface area contributed by atoms with Gasteiger partial charge >= 0.3 is 0 Å². The maximum absolute atomic E-state index is 2.29. The lowest BCUT2D eigenvalue weighted by Crippen LogP contribution is -2.09. The smallest absolute Gasteiger partial charge is 0.0462 e. The van der Waals surface area contributed by atoms with Gasteiger partial charge < -0.3 is 4.90 Å². The second-order valence-corrected chi connectivity index (χ2v) is 8.17. The highest BCUT2D eigenvalue weighted by Crippen LogP contribution is 2.38. The van der Waals surface area contributed by atoms with Crippen LogP contribution in [0.1, 0.15) is 0 Å². The summed E-state index contributed by atoms with van der Waals surface area (Å²) in [7, 11) is 0. The van der Waals surface area contributed by atoms with Gasteiger partial charge in [0.1, 0.15) is 0 Å². The Morgan fingerprint density at radius 2 is 0.767 bits per heavy atom. The van der Waals surface area contributed by atoms with Gasteiger partial charge in [-0.25, -0.2) is 0 Å². The SMILES string of the molecule is c1ccc(-c2ccc(-c3ccc(N(c4ccccc4)c4ccccc4)cc3)s2)cc1. The summed E-state index contributed by atoms with van der Waals surface area (Å²) in [6, 6.07) is 44.8. The molecule has 5 aromatic rings. The Labute approximate surface area is 181 Å². The lowest BCUT2D eigenvalue weighted by atomic mass is 10.1. The van der Waals surface area contributed by atoms with E-state index in [0.29, 0.717) is 0 Å². The Bertz CT molecular complexity index is 1170. The first kappa shape index (κ1) is 18.4. The number of para-hydroxylation sites is 2. The van der Waals surface area contributed by atoms with Crippen molar-refractivity contribution in [1.29, 1.82) is 0 Å². The monoisotopic (exact) mass is 403 g/mol. The average molecular weight is 404 g/mol. The molecule has 144 valence electrons. The topological polar surface area (TPSA) is 3.24 Å². The van der Waals surface area contributed by atoms with Crippen molar-refractivity contribution in [1.82, 2.24) is 0 Å². The van der Waals surface area contributed by atoms with Crippen molar-refractivity contribution >= 4 is 28.4 Å². The van der Waals surface area contributed by atoms with Gasteiger partial charge in [0.25, 0.3) is 0 Å². The summed E-state index contributed by atoms with van der Waals surface area (Å²) in [5.41, 5.74) is 5.96. The molecule has 0 spiro atoms. The third-order valence-corrected chi connectivity index (χ3v) is 6.29. The molecule has 2 heteroatoms. The van der Waals surface area contributed by atoms with E-state index < -0.39 is 0 Å². The highest BCUT2D eigenvalue weighted by atomic mass is 32.1. The lowest BCUT2D eigenvalue weighted by Gasteiger charge is -2.25. The number of anilines is 3. The molecule has 0 amide bonds. The van der Waals surface area contributed by atoms with E-state index in [2.05, 4.69) is 132 Å². The van der Waals surface area contributed by atoms with E-state index in [1.807, 2.05) is 11.3 Å². The molecule has 1 aromatic heterocycles. The largest absolute Gasteiger partial charge is 0.311 e. The van der Waals surface area contributed by atoms with Gasteiger partial charge in [-0.1, -0.05) is 78.9 Å². The Balaban J connectivity index is 1.48. The van der Waals surface area contributed by atoms with Crippen LogP contribution in [0.2, 0.25) is 0 Å². The molecule has 5 rings (SSSR count). The molecule has 1 heterocycles. The summed E-state index contributed by atoms with van der Waals surface area (Å²) in [4.78, 5) is 4.87. The normalized spacial score (nSPS) is 10.7. The van der Waals surface area contributed by atoms with Crippen LogP contribution in [0.4, 0.5) is 17.1 Å². The molecule has 0 aliphatic heterocycles. The van der Waals surface area contributed by atoms with E-state index in [4.69, 9.17) is 0 Å². The van der Waals surface area contributed by atoms with Crippen LogP contribution in [-0.2, 0) is 0 Å². The fourth-order valence-corrected chi connectivity index (χ4v) is 4.64. The summed E-state index contributed by atoms with van der Waals surface area (Å²) in [5, 5.41) is 0. The van der Waals surface area contributed by atoms with Crippen LogP contribution < -0.4 is 4.90 Å². The molecule has 1 nitrogen and oxygen atoms in total. The van der Waals surface area contributed by atoms with Crippen molar-refractivity contribution in [2.75, 3.05) is 4.90 Å². The standard InChI is InChI=1S/C28H21NS/c1-4-10-22(11-5-1)27-20-21-28(30-27)23-16-18-26(19-17-23)29(24-12-6-2-7-13-24)25-14-8-3-9-15-25/h1-21H. The van der Waals surface area contributed by atoms with Crippen molar-refractivity contribution in [3.63, 3.8) is 0 Å². The number of hydrogen-bond donors (Lipinski definition) is 0. The van der Waals surface area contributed by atoms with Gasteiger partial charge in [-0.15, -0.1) is 11.3 Å². The number of benzene rings is 4. The number of rotatable bonds is 5. The predicted octanol–water partition coefficient (Wildman–Crippen LogP) is 8.55. The Hall–Kier alpha value is -3.62. The van der Waals surface area contributed by atoms with E-state index in [0.717, 1.165) is 17.1 Å². The van der Waals surface area contributed by atoms with Crippen LogP contribution in [0, 0.1) is 0 Å². The summed E-state index contributed by atoms with van der Waals surface area (Å²) in [6.45, 7) is 0. The zero-order valence-corrected chi connectivity index (χ0v) is 17.3. The van der Waals surface area contributed by atoms with Crippen LogP contribution in [0.15, 0.2) is 127 Å². The van der Waals surface area contributed by atoms with Gasteiger partial charge in [0.15, 0.2) is 0 Å². The Morgan fingerprint density at radius 3 is 1.27 bits per heavy atom. The van der Waals surface area contributed by atoms with Crippen LogP contribution in [-0.4, -0.2) is 0 Å². The summed E-state index contributed by atoms with van der Waals surface area (Å²) >= 11 is 1.83. The van der Waals surface area contributed by atoms with E-state index in [1.165, 1.54) is 20.9 Å². The average Bonchev–Trinajstić information content (AvgIpc) is 3.32. The number of thiophene rings is 1. The predicted molar refractivity (Wildman–Crippen MR) is 130 cm³/mol. The van der Waals surface area contributed by atoms with E-state index >= 15 is 0 Å². The molecule has 0 unspecified atom stereocenters. The molecule has 4 aromatic carbocycles.